The summed E-state index contributed by atoms with van der Waals surface area (Å²) in [5.74, 6) is 0. The van der Waals surface area contributed by atoms with Gasteiger partial charge in [-0.3, -0.25) is 4.90 Å². The first-order chi connectivity index (χ1) is 7.88. The lowest BCUT2D eigenvalue weighted by molar-refractivity contribution is 0.188. The van der Waals surface area contributed by atoms with Crippen LogP contribution in [0.25, 0.3) is 0 Å². The summed E-state index contributed by atoms with van der Waals surface area (Å²) in [6, 6.07) is 10.2. The summed E-state index contributed by atoms with van der Waals surface area (Å²) in [6.45, 7) is 2.08. The molecule has 86 valence electrons. The Labute approximate surface area is 97.4 Å². The minimum absolute atomic E-state index is 0.638. The fourth-order valence-corrected chi connectivity index (χ4v) is 3.36. The smallest absolute Gasteiger partial charge is 0.0222 e. The molecular formula is C14H20N2. The van der Waals surface area contributed by atoms with Crippen molar-refractivity contribution in [1.82, 2.24) is 4.90 Å². The van der Waals surface area contributed by atoms with Gasteiger partial charge in [-0.2, -0.15) is 0 Å². The number of nitrogens with two attached hydrogens (primary N) is 1. The molecule has 1 aromatic rings. The number of hydrogen-bond acceptors (Lipinski definition) is 2. The summed E-state index contributed by atoms with van der Waals surface area (Å²) in [5, 5.41) is 0. The van der Waals surface area contributed by atoms with Crippen LogP contribution in [0.1, 0.15) is 24.0 Å². The van der Waals surface area contributed by atoms with Gasteiger partial charge in [-0.1, -0.05) is 24.3 Å². The van der Waals surface area contributed by atoms with Crippen LogP contribution < -0.4 is 5.73 Å². The van der Waals surface area contributed by atoms with Gasteiger partial charge in [0, 0.05) is 18.6 Å². The monoisotopic (exact) mass is 216 g/mol. The number of fused-ring (bicyclic) bond motifs is 1. The maximum absolute atomic E-state index is 5.86. The molecule has 0 aromatic heterocycles. The van der Waals surface area contributed by atoms with Crippen molar-refractivity contribution in [3.63, 3.8) is 0 Å². The molecule has 0 unspecified atom stereocenters. The van der Waals surface area contributed by atoms with Gasteiger partial charge in [-0.05, 0) is 43.4 Å². The average Bonchev–Trinajstić information content (AvgIpc) is 2.94. The van der Waals surface area contributed by atoms with E-state index in [4.69, 9.17) is 5.73 Å². The molecule has 1 heterocycles. The zero-order valence-electron chi connectivity index (χ0n) is 9.73. The van der Waals surface area contributed by atoms with E-state index in [0.717, 1.165) is 6.54 Å². The molecule has 1 fully saturated rings. The molecule has 3 rings (SSSR count). The lowest BCUT2D eigenvalue weighted by atomic mass is 10.1. The van der Waals surface area contributed by atoms with E-state index in [1.54, 1.807) is 11.1 Å². The van der Waals surface area contributed by atoms with Crippen LogP contribution in [0.5, 0.6) is 0 Å². The third-order valence-electron chi connectivity index (χ3n) is 4.19. The summed E-state index contributed by atoms with van der Waals surface area (Å²) < 4.78 is 0. The maximum Gasteiger partial charge on any atom is 0.0222 e. The van der Waals surface area contributed by atoms with E-state index >= 15 is 0 Å². The second-order valence-corrected chi connectivity index (χ2v) is 5.10. The normalized spacial score (nSPS) is 26.2. The molecule has 1 saturated heterocycles. The van der Waals surface area contributed by atoms with E-state index in [-0.39, 0.29) is 0 Å². The molecule has 2 aliphatic rings. The molecule has 2 nitrogen and oxygen atoms in total. The van der Waals surface area contributed by atoms with E-state index < -0.39 is 0 Å². The van der Waals surface area contributed by atoms with Crippen LogP contribution in [0.4, 0.5) is 0 Å². The van der Waals surface area contributed by atoms with Crippen molar-refractivity contribution in [3.05, 3.63) is 35.4 Å². The van der Waals surface area contributed by atoms with Gasteiger partial charge < -0.3 is 5.73 Å². The van der Waals surface area contributed by atoms with E-state index in [2.05, 4.69) is 29.2 Å². The number of nitrogens with zero attached hydrogens (tertiary/aromatic N) is 1. The third-order valence-corrected chi connectivity index (χ3v) is 4.19. The number of benzene rings is 1. The zero-order valence-corrected chi connectivity index (χ0v) is 9.73. The second-order valence-electron chi connectivity index (χ2n) is 5.10. The number of hydrogen-bond donors (Lipinski definition) is 1. The minimum atomic E-state index is 0.638. The Morgan fingerprint density at radius 1 is 1.19 bits per heavy atom. The van der Waals surface area contributed by atoms with Gasteiger partial charge in [0.05, 0.1) is 0 Å². The fraction of sp³-hybridized carbons (Fsp3) is 0.571. The van der Waals surface area contributed by atoms with Crippen LogP contribution in [0.2, 0.25) is 0 Å². The molecule has 16 heavy (non-hydrogen) atoms. The number of rotatable bonds is 2. The van der Waals surface area contributed by atoms with Crippen LogP contribution in [-0.2, 0) is 12.8 Å². The lowest BCUT2D eigenvalue weighted by Crippen LogP contribution is -2.43. The highest BCUT2D eigenvalue weighted by Crippen LogP contribution is 2.29. The highest BCUT2D eigenvalue weighted by Gasteiger charge is 2.33. The minimum Gasteiger partial charge on any atom is -0.329 e. The predicted molar refractivity (Wildman–Crippen MR) is 66.4 cm³/mol. The first-order valence-electron chi connectivity index (χ1n) is 6.41. The SMILES string of the molecule is NC[C@@H]1CCCN1C1Cc2ccccc2C1. The largest absolute Gasteiger partial charge is 0.329 e. The maximum atomic E-state index is 5.86. The van der Waals surface area contributed by atoms with E-state index in [1.165, 1.54) is 32.2 Å². The quantitative estimate of drug-likeness (QED) is 0.813. The Hall–Kier alpha value is -0.860. The topological polar surface area (TPSA) is 29.3 Å². The zero-order chi connectivity index (χ0) is 11.0. The highest BCUT2D eigenvalue weighted by molar-refractivity contribution is 5.33. The Morgan fingerprint density at radius 3 is 2.50 bits per heavy atom. The van der Waals surface area contributed by atoms with Crippen molar-refractivity contribution in [3.8, 4) is 0 Å². The molecule has 0 amide bonds. The summed E-state index contributed by atoms with van der Waals surface area (Å²) >= 11 is 0. The van der Waals surface area contributed by atoms with Gasteiger partial charge in [-0.15, -0.1) is 0 Å². The van der Waals surface area contributed by atoms with Crippen LogP contribution in [0.15, 0.2) is 24.3 Å². The van der Waals surface area contributed by atoms with Gasteiger partial charge in [0.25, 0.3) is 0 Å². The van der Waals surface area contributed by atoms with Crippen LogP contribution in [-0.4, -0.2) is 30.1 Å². The standard InChI is InChI=1S/C14H20N2/c15-10-13-6-3-7-16(13)14-8-11-4-1-2-5-12(11)9-14/h1-2,4-5,13-14H,3,6-10,15H2/t13-/m0/s1. The Morgan fingerprint density at radius 2 is 1.88 bits per heavy atom. The highest BCUT2D eigenvalue weighted by atomic mass is 15.2. The molecular weight excluding hydrogens is 196 g/mol. The van der Waals surface area contributed by atoms with Crippen LogP contribution in [0.3, 0.4) is 0 Å². The molecule has 0 saturated carbocycles. The molecule has 0 bridgehead atoms. The Kier molecular flexibility index (Phi) is 2.70. The predicted octanol–water partition coefficient (Wildman–Crippen LogP) is 1.58. The molecule has 2 heteroatoms. The van der Waals surface area contributed by atoms with E-state index in [1.807, 2.05) is 0 Å². The summed E-state index contributed by atoms with van der Waals surface area (Å²) in [5.41, 5.74) is 8.96. The van der Waals surface area contributed by atoms with Crippen molar-refractivity contribution in [2.45, 2.75) is 37.8 Å². The molecule has 1 aromatic carbocycles. The Bertz CT molecular complexity index is 350. The van der Waals surface area contributed by atoms with E-state index in [0.29, 0.717) is 12.1 Å². The van der Waals surface area contributed by atoms with Crippen LogP contribution in [0, 0.1) is 0 Å². The number of likely N-dealkylation sites (tertiary alicyclic amines) is 1. The fourth-order valence-electron chi connectivity index (χ4n) is 3.36. The molecule has 0 spiro atoms. The first kappa shape index (κ1) is 10.3. The molecule has 2 N–H and O–H groups in total. The van der Waals surface area contributed by atoms with Crippen LogP contribution >= 0.6 is 0 Å². The van der Waals surface area contributed by atoms with Gasteiger partial charge in [0.15, 0.2) is 0 Å². The molecule has 1 aliphatic carbocycles. The van der Waals surface area contributed by atoms with Gasteiger partial charge >= 0.3 is 0 Å². The molecule has 1 atom stereocenters. The van der Waals surface area contributed by atoms with Crippen molar-refractivity contribution >= 4 is 0 Å². The molecule has 1 aliphatic heterocycles. The van der Waals surface area contributed by atoms with Gasteiger partial charge in [0.2, 0.25) is 0 Å². The Balaban J connectivity index is 1.76. The summed E-state index contributed by atoms with van der Waals surface area (Å²) in [4.78, 5) is 2.65. The molecule has 0 radical (unpaired) electrons. The van der Waals surface area contributed by atoms with Crippen molar-refractivity contribution in [2.75, 3.05) is 13.1 Å². The summed E-state index contributed by atoms with van der Waals surface area (Å²) in [7, 11) is 0. The van der Waals surface area contributed by atoms with Crippen molar-refractivity contribution < 1.29 is 0 Å². The second kappa shape index (κ2) is 4.19. The van der Waals surface area contributed by atoms with Crippen molar-refractivity contribution in [1.29, 1.82) is 0 Å². The third kappa shape index (κ3) is 1.66. The van der Waals surface area contributed by atoms with Gasteiger partial charge in [0.1, 0.15) is 0 Å². The van der Waals surface area contributed by atoms with Gasteiger partial charge in [-0.25, -0.2) is 0 Å². The lowest BCUT2D eigenvalue weighted by Gasteiger charge is -2.29. The van der Waals surface area contributed by atoms with Crippen molar-refractivity contribution in [2.24, 2.45) is 5.73 Å². The first-order valence-corrected chi connectivity index (χ1v) is 6.41. The average molecular weight is 216 g/mol. The summed E-state index contributed by atoms with van der Waals surface area (Å²) in [6.07, 6.45) is 5.08. The van der Waals surface area contributed by atoms with E-state index in [9.17, 15) is 0 Å².